The lowest BCUT2D eigenvalue weighted by Crippen LogP contribution is -2.26. The molecule has 0 aliphatic heterocycles. The van der Waals surface area contributed by atoms with E-state index < -0.39 is 0 Å². The minimum Gasteiger partial charge on any atom is -0.441 e. The van der Waals surface area contributed by atoms with Crippen molar-refractivity contribution < 1.29 is 9.21 Å². The summed E-state index contributed by atoms with van der Waals surface area (Å²) in [6.07, 6.45) is 5.62. The van der Waals surface area contributed by atoms with Crippen LogP contribution in [0, 0.1) is 13.8 Å². The second-order valence-corrected chi connectivity index (χ2v) is 6.38. The van der Waals surface area contributed by atoms with Crippen LogP contribution in [0.5, 0.6) is 0 Å². The number of carbonyl (C=O) groups excluding carboxylic acids is 1. The average molecular weight is 349 g/mol. The number of aryl methyl sites for hydroxylation is 3. The first-order valence-corrected chi connectivity index (χ1v) is 8.81. The molecule has 0 aliphatic carbocycles. The Morgan fingerprint density at radius 2 is 1.96 bits per heavy atom. The fraction of sp³-hybridized carbons (Fsp3) is 0.286. The highest BCUT2D eigenvalue weighted by molar-refractivity contribution is 5.78. The van der Waals surface area contributed by atoms with Gasteiger partial charge in [-0.25, -0.2) is 4.98 Å². The van der Waals surface area contributed by atoms with Gasteiger partial charge in [-0.05, 0) is 50.5 Å². The number of carbonyl (C=O) groups is 1. The van der Waals surface area contributed by atoms with Crippen LogP contribution in [0.4, 0.5) is 0 Å². The third-order valence-corrected chi connectivity index (χ3v) is 4.21. The molecule has 0 atom stereocenters. The summed E-state index contributed by atoms with van der Waals surface area (Å²) < 4.78 is 5.73. The highest BCUT2D eigenvalue weighted by atomic mass is 16.4. The van der Waals surface area contributed by atoms with Crippen molar-refractivity contribution in [2.75, 3.05) is 6.54 Å². The van der Waals surface area contributed by atoms with Crippen molar-refractivity contribution in [2.45, 2.75) is 33.1 Å². The summed E-state index contributed by atoms with van der Waals surface area (Å²) in [5.41, 5.74) is 3.96. The summed E-state index contributed by atoms with van der Waals surface area (Å²) in [6, 6.07) is 12.0. The van der Waals surface area contributed by atoms with E-state index in [2.05, 4.69) is 15.3 Å². The Morgan fingerprint density at radius 3 is 2.69 bits per heavy atom. The molecule has 0 spiro atoms. The van der Waals surface area contributed by atoms with Gasteiger partial charge in [0.2, 0.25) is 11.8 Å². The zero-order valence-corrected chi connectivity index (χ0v) is 15.2. The summed E-state index contributed by atoms with van der Waals surface area (Å²) in [5, 5.41) is 2.94. The summed E-state index contributed by atoms with van der Waals surface area (Å²) in [7, 11) is 0. The maximum absolute atomic E-state index is 12.2. The van der Waals surface area contributed by atoms with Crippen molar-refractivity contribution in [3.8, 4) is 11.5 Å². The number of aromatic nitrogens is 2. The average Bonchev–Trinajstić information content (AvgIpc) is 3.01. The first-order chi connectivity index (χ1) is 12.6. The van der Waals surface area contributed by atoms with Gasteiger partial charge < -0.3 is 9.73 Å². The third-order valence-electron chi connectivity index (χ3n) is 4.21. The number of nitrogens with one attached hydrogen (secondary N) is 1. The second kappa shape index (κ2) is 8.43. The Morgan fingerprint density at radius 1 is 1.15 bits per heavy atom. The predicted molar refractivity (Wildman–Crippen MR) is 101 cm³/mol. The van der Waals surface area contributed by atoms with Crippen molar-refractivity contribution in [1.29, 1.82) is 0 Å². The van der Waals surface area contributed by atoms with Gasteiger partial charge in [-0.2, -0.15) is 0 Å². The van der Waals surface area contributed by atoms with Crippen LogP contribution in [0.2, 0.25) is 0 Å². The van der Waals surface area contributed by atoms with Crippen LogP contribution in [-0.2, 0) is 17.6 Å². The zero-order chi connectivity index (χ0) is 18.4. The number of hydrogen-bond donors (Lipinski definition) is 1. The first kappa shape index (κ1) is 17.9. The van der Waals surface area contributed by atoms with Gasteiger partial charge >= 0.3 is 0 Å². The molecule has 3 rings (SSSR count). The number of rotatable bonds is 7. The number of amides is 1. The molecule has 0 fully saturated rings. The lowest BCUT2D eigenvalue weighted by atomic mass is 10.1. The van der Waals surface area contributed by atoms with E-state index in [1.807, 2.05) is 56.4 Å². The quantitative estimate of drug-likeness (QED) is 0.661. The van der Waals surface area contributed by atoms with Gasteiger partial charge in [-0.3, -0.25) is 9.78 Å². The van der Waals surface area contributed by atoms with E-state index in [-0.39, 0.29) is 12.3 Å². The standard InChI is InChI=1S/C21H23N3O2/c1-15-7-9-18(10-8-15)21-24-19(16(2)26-21)13-20(25)23-12-4-6-17-5-3-11-22-14-17/h3,5,7-11,14H,4,6,12-13H2,1-2H3,(H,23,25). The first-order valence-electron chi connectivity index (χ1n) is 8.81. The molecular formula is C21H23N3O2. The number of benzene rings is 1. The summed E-state index contributed by atoms with van der Waals surface area (Å²) in [6.45, 7) is 4.51. The molecule has 0 unspecified atom stereocenters. The maximum Gasteiger partial charge on any atom is 0.226 e. The SMILES string of the molecule is Cc1ccc(-c2nc(CC(=O)NCCCc3cccnc3)c(C)o2)cc1. The number of pyridine rings is 1. The Kier molecular flexibility index (Phi) is 5.79. The highest BCUT2D eigenvalue weighted by Crippen LogP contribution is 2.22. The molecule has 0 saturated carbocycles. The molecule has 1 amide bonds. The molecule has 26 heavy (non-hydrogen) atoms. The van der Waals surface area contributed by atoms with Gasteiger partial charge in [0.15, 0.2) is 0 Å². The molecule has 1 N–H and O–H groups in total. The van der Waals surface area contributed by atoms with E-state index in [1.165, 1.54) is 11.1 Å². The monoisotopic (exact) mass is 349 g/mol. The second-order valence-electron chi connectivity index (χ2n) is 6.38. The van der Waals surface area contributed by atoms with Crippen molar-refractivity contribution in [2.24, 2.45) is 0 Å². The van der Waals surface area contributed by atoms with Crippen LogP contribution in [0.1, 0.15) is 29.0 Å². The van der Waals surface area contributed by atoms with E-state index in [0.29, 0.717) is 23.9 Å². The molecule has 0 radical (unpaired) electrons. The highest BCUT2D eigenvalue weighted by Gasteiger charge is 2.14. The van der Waals surface area contributed by atoms with Crippen LogP contribution >= 0.6 is 0 Å². The molecule has 0 saturated heterocycles. The van der Waals surface area contributed by atoms with E-state index in [4.69, 9.17) is 4.42 Å². The minimum atomic E-state index is -0.0388. The molecule has 0 bridgehead atoms. The van der Waals surface area contributed by atoms with E-state index in [1.54, 1.807) is 6.20 Å². The molecule has 2 aromatic heterocycles. The lowest BCUT2D eigenvalue weighted by molar-refractivity contribution is -0.120. The predicted octanol–water partition coefficient (Wildman–Crippen LogP) is 3.64. The molecule has 0 aliphatic rings. The lowest BCUT2D eigenvalue weighted by Gasteiger charge is -2.04. The van der Waals surface area contributed by atoms with Crippen LogP contribution < -0.4 is 5.32 Å². The van der Waals surface area contributed by atoms with Gasteiger partial charge in [-0.1, -0.05) is 23.8 Å². The van der Waals surface area contributed by atoms with E-state index >= 15 is 0 Å². The van der Waals surface area contributed by atoms with Gasteiger partial charge in [-0.15, -0.1) is 0 Å². The summed E-state index contributed by atoms with van der Waals surface area (Å²) >= 11 is 0. The minimum absolute atomic E-state index is 0.0388. The van der Waals surface area contributed by atoms with E-state index in [9.17, 15) is 4.79 Å². The maximum atomic E-state index is 12.2. The largest absolute Gasteiger partial charge is 0.441 e. The van der Waals surface area contributed by atoms with E-state index in [0.717, 1.165) is 18.4 Å². The molecule has 5 nitrogen and oxygen atoms in total. The van der Waals surface area contributed by atoms with Crippen LogP contribution in [0.3, 0.4) is 0 Å². The Hall–Kier alpha value is -2.95. The molecule has 2 heterocycles. The number of nitrogens with zero attached hydrogens (tertiary/aromatic N) is 2. The normalized spacial score (nSPS) is 10.7. The van der Waals surface area contributed by atoms with Crippen molar-refractivity contribution in [1.82, 2.24) is 15.3 Å². The molecular weight excluding hydrogens is 326 g/mol. The molecule has 1 aromatic carbocycles. The number of hydrogen-bond acceptors (Lipinski definition) is 4. The van der Waals surface area contributed by atoms with Gasteiger partial charge in [0.1, 0.15) is 5.76 Å². The third kappa shape index (κ3) is 4.79. The Labute approximate surface area is 153 Å². The van der Waals surface area contributed by atoms with Gasteiger partial charge in [0.25, 0.3) is 0 Å². The molecule has 3 aromatic rings. The van der Waals surface area contributed by atoms with Crippen molar-refractivity contribution >= 4 is 5.91 Å². The molecule has 134 valence electrons. The summed E-state index contributed by atoms with van der Waals surface area (Å²) in [4.78, 5) is 20.7. The van der Waals surface area contributed by atoms with Crippen LogP contribution in [0.25, 0.3) is 11.5 Å². The topological polar surface area (TPSA) is 68.0 Å². The van der Waals surface area contributed by atoms with Gasteiger partial charge in [0.05, 0.1) is 12.1 Å². The van der Waals surface area contributed by atoms with Crippen molar-refractivity contribution in [3.63, 3.8) is 0 Å². The van der Waals surface area contributed by atoms with Crippen molar-refractivity contribution in [3.05, 3.63) is 71.4 Å². The molecule has 5 heteroatoms. The smallest absolute Gasteiger partial charge is 0.226 e. The van der Waals surface area contributed by atoms with Gasteiger partial charge in [0, 0.05) is 24.5 Å². The number of oxazole rings is 1. The zero-order valence-electron chi connectivity index (χ0n) is 15.2. The fourth-order valence-corrected chi connectivity index (χ4v) is 2.69. The summed E-state index contributed by atoms with van der Waals surface area (Å²) in [5.74, 6) is 1.20. The Balaban J connectivity index is 1.50. The van der Waals surface area contributed by atoms with Crippen LogP contribution in [-0.4, -0.2) is 22.4 Å². The Bertz CT molecular complexity index is 855. The fourth-order valence-electron chi connectivity index (χ4n) is 2.69. The van der Waals surface area contributed by atoms with Crippen LogP contribution in [0.15, 0.2) is 53.2 Å².